The van der Waals surface area contributed by atoms with Gasteiger partial charge in [-0.2, -0.15) is 0 Å². The van der Waals surface area contributed by atoms with E-state index in [9.17, 15) is 4.79 Å². The molecule has 2 aromatic rings. The molecule has 0 N–H and O–H groups in total. The second kappa shape index (κ2) is 2.41. The van der Waals surface area contributed by atoms with Gasteiger partial charge in [0.25, 0.3) is 0 Å². The van der Waals surface area contributed by atoms with Crippen molar-refractivity contribution in [1.29, 1.82) is 0 Å². The summed E-state index contributed by atoms with van der Waals surface area (Å²) in [5.41, 5.74) is 1.02. The molecular weight excluding hydrogens is 156 g/mol. The Hall–Kier alpha value is -1.71. The monoisotopic (exact) mass is 162 g/mol. The maximum Gasteiger partial charge on any atom is 0.245 e. The molecule has 0 aliphatic carbocycles. The molecular formula is C8H6N2O2. The molecule has 0 spiro atoms. The van der Waals surface area contributed by atoms with E-state index in [2.05, 4.69) is 9.97 Å². The highest BCUT2D eigenvalue weighted by Gasteiger charge is 2.07. The Labute approximate surface area is 68.2 Å². The van der Waals surface area contributed by atoms with Crippen LogP contribution in [0.5, 0.6) is 0 Å². The van der Waals surface area contributed by atoms with Gasteiger partial charge in [-0.25, -0.2) is 9.97 Å². The zero-order valence-corrected chi connectivity index (χ0v) is 6.44. The second-order valence-electron chi connectivity index (χ2n) is 2.41. The van der Waals surface area contributed by atoms with Gasteiger partial charge in [0.1, 0.15) is 5.52 Å². The molecule has 0 radical (unpaired) electrons. The van der Waals surface area contributed by atoms with Crippen molar-refractivity contribution in [3.05, 3.63) is 24.2 Å². The Balaban J connectivity index is 2.70. The minimum atomic E-state index is -0.116. The van der Waals surface area contributed by atoms with Crippen LogP contribution in [0, 0.1) is 0 Å². The van der Waals surface area contributed by atoms with Crippen molar-refractivity contribution >= 4 is 17.0 Å². The summed E-state index contributed by atoms with van der Waals surface area (Å²) in [7, 11) is 0. The molecule has 0 fully saturated rings. The lowest BCUT2D eigenvalue weighted by Crippen LogP contribution is -1.85. The lowest BCUT2D eigenvalue weighted by atomic mass is 10.3. The molecule has 2 rings (SSSR count). The molecule has 0 saturated heterocycles. The van der Waals surface area contributed by atoms with Crippen LogP contribution in [0.1, 0.15) is 17.5 Å². The molecule has 4 nitrogen and oxygen atoms in total. The van der Waals surface area contributed by atoms with Gasteiger partial charge in [-0.1, -0.05) is 0 Å². The molecule has 0 aliphatic rings. The lowest BCUT2D eigenvalue weighted by molar-refractivity contribution is 0.0989. The first-order chi connectivity index (χ1) is 5.77. The third-order valence-corrected chi connectivity index (χ3v) is 1.51. The smallest absolute Gasteiger partial charge is 0.245 e. The summed E-state index contributed by atoms with van der Waals surface area (Å²) < 4.78 is 5.11. The van der Waals surface area contributed by atoms with Crippen LogP contribution < -0.4 is 0 Å². The largest absolute Gasteiger partial charge is 0.433 e. The van der Waals surface area contributed by atoms with Gasteiger partial charge in [0, 0.05) is 25.4 Å². The van der Waals surface area contributed by atoms with Crippen LogP contribution in [0.15, 0.2) is 22.9 Å². The summed E-state index contributed by atoms with van der Waals surface area (Å²) in [4.78, 5) is 18.7. The number of rotatable bonds is 1. The number of hydrogen-bond acceptors (Lipinski definition) is 4. The van der Waals surface area contributed by atoms with Gasteiger partial charge >= 0.3 is 0 Å². The van der Waals surface area contributed by atoms with Gasteiger partial charge in [-0.05, 0) is 0 Å². The van der Waals surface area contributed by atoms with Gasteiger partial charge < -0.3 is 4.42 Å². The van der Waals surface area contributed by atoms with Crippen LogP contribution in [0.2, 0.25) is 0 Å². The van der Waals surface area contributed by atoms with Crippen molar-refractivity contribution in [1.82, 2.24) is 9.97 Å². The maximum atomic E-state index is 10.9. The predicted octanol–water partition coefficient (Wildman–Crippen LogP) is 1.43. The second-order valence-corrected chi connectivity index (χ2v) is 2.41. The van der Waals surface area contributed by atoms with E-state index >= 15 is 0 Å². The number of fused-ring (bicyclic) bond motifs is 1. The zero-order chi connectivity index (χ0) is 8.55. The van der Waals surface area contributed by atoms with E-state index in [1.807, 2.05) is 0 Å². The Morgan fingerprint density at radius 3 is 2.83 bits per heavy atom. The normalized spacial score (nSPS) is 10.4. The number of nitrogens with zero attached hydrogens (tertiary/aromatic N) is 2. The first kappa shape index (κ1) is 6.97. The molecule has 4 heteroatoms. The topological polar surface area (TPSA) is 56.0 Å². The molecule has 0 aliphatic heterocycles. The average molecular weight is 162 g/mol. The fourth-order valence-corrected chi connectivity index (χ4v) is 0.945. The highest BCUT2D eigenvalue weighted by Crippen LogP contribution is 2.13. The highest BCUT2D eigenvalue weighted by molar-refractivity contribution is 5.94. The van der Waals surface area contributed by atoms with Crippen LogP contribution in [0.4, 0.5) is 0 Å². The molecule has 0 aromatic carbocycles. The average Bonchev–Trinajstić information content (AvgIpc) is 2.46. The maximum absolute atomic E-state index is 10.9. The van der Waals surface area contributed by atoms with E-state index in [0.29, 0.717) is 17.0 Å². The molecule has 0 saturated carbocycles. The minimum Gasteiger partial charge on any atom is -0.433 e. The number of Topliss-reactive ketones (excluding diaryl/α,β-unsaturated/α-hetero) is 1. The number of hydrogen-bond donors (Lipinski definition) is 0. The Morgan fingerprint density at radius 1 is 1.42 bits per heavy atom. The summed E-state index contributed by atoms with van der Waals surface area (Å²) >= 11 is 0. The van der Waals surface area contributed by atoms with E-state index in [0.717, 1.165) is 0 Å². The quantitative estimate of drug-likeness (QED) is 0.595. The van der Waals surface area contributed by atoms with Crippen LogP contribution in [-0.2, 0) is 0 Å². The van der Waals surface area contributed by atoms with Crippen molar-refractivity contribution in [2.75, 3.05) is 0 Å². The van der Waals surface area contributed by atoms with Crippen LogP contribution in [0.3, 0.4) is 0 Å². The first-order valence-electron chi connectivity index (χ1n) is 3.49. The van der Waals surface area contributed by atoms with E-state index in [4.69, 9.17) is 4.42 Å². The summed E-state index contributed by atoms with van der Waals surface area (Å²) in [6, 6.07) is 1.59. The number of carbonyl (C=O) groups excluding carboxylic acids is 1. The van der Waals surface area contributed by atoms with E-state index in [1.165, 1.54) is 13.1 Å². The van der Waals surface area contributed by atoms with Crippen LogP contribution in [-0.4, -0.2) is 15.8 Å². The van der Waals surface area contributed by atoms with Crippen LogP contribution >= 0.6 is 0 Å². The molecule has 0 bridgehead atoms. The van der Waals surface area contributed by atoms with Crippen molar-refractivity contribution in [3.8, 4) is 0 Å². The SMILES string of the molecule is CC(=O)c1cc2nccnc2o1. The lowest BCUT2D eigenvalue weighted by Gasteiger charge is -1.82. The summed E-state index contributed by atoms with van der Waals surface area (Å²) in [5, 5.41) is 0. The minimum absolute atomic E-state index is 0.116. The Kier molecular flexibility index (Phi) is 1.40. The van der Waals surface area contributed by atoms with Crippen molar-refractivity contribution < 1.29 is 9.21 Å². The number of aromatic nitrogens is 2. The Morgan fingerprint density at radius 2 is 2.17 bits per heavy atom. The third kappa shape index (κ3) is 0.972. The van der Waals surface area contributed by atoms with Gasteiger partial charge in [-0.3, -0.25) is 4.79 Å². The van der Waals surface area contributed by atoms with Gasteiger partial charge in [0.15, 0.2) is 11.5 Å². The first-order valence-corrected chi connectivity index (χ1v) is 3.49. The van der Waals surface area contributed by atoms with E-state index in [-0.39, 0.29) is 5.78 Å². The molecule has 60 valence electrons. The van der Waals surface area contributed by atoms with E-state index in [1.54, 1.807) is 12.3 Å². The molecule has 12 heavy (non-hydrogen) atoms. The number of furan rings is 1. The fourth-order valence-electron chi connectivity index (χ4n) is 0.945. The molecule has 0 amide bonds. The fraction of sp³-hybridized carbons (Fsp3) is 0.125. The molecule has 0 unspecified atom stereocenters. The zero-order valence-electron chi connectivity index (χ0n) is 6.44. The number of ketones is 1. The summed E-state index contributed by atoms with van der Waals surface area (Å²) in [6.45, 7) is 1.44. The molecule has 0 atom stereocenters. The Bertz CT molecular complexity index is 400. The van der Waals surface area contributed by atoms with Gasteiger partial charge in [0.05, 0.1) is 0 Å². The van der Waals surface area contributed by atoms with Crippen molar-refractivity contribution in [2.45, 2.75) is 6.92 Å². The van der Waals surface area contributed by atoms with E-state index < -0.39 is 0 Å². The summed E-state index contributed by atoms with van der Waals surface area (Å²) in [6.07, 6.45) is 3.08. The number of carbonyl (C=O) groups is 1. The van der Waals surface area contributed by atoms with Gasteiger partial charge in [-0.15, -0.1) is 0 Å². The van der Waals surface area contributed by atoms with Crippen molar-refractivity contribution in [3.63, 3.8) is 0 Å². The van der Waals surface area contributed by atoms with Gasteiger partial charge in [0.2, 0.25) is 5.71 Å². The standard InChI is InChI=1S/C8H6N2O2/c1-5(11)7-4-6-8(12-7)10-3-2-9-6/h2-4H,1H3. The van der Waals surface area contributed by atoms with Crippen molar-refractivity contribution in [2.24, 2.45) is 0 Å². The third-order valence-electron chi connectivity index (χ3n) is 1.51. The highest BCUT2D eigenvalue weighted by atomic mass is 16.4. The molecule has 2 aromatic heterocycles. The molecule has 2 heterocycles. The predicted molar refractivity (Wildman–Crippen MR) is 41.8 cm³/mol. The van der Waals surface area contributed by atoms with Crippen LogP contribution in [0.25, 0.3) is 11.2 Å². The summed E-state index contributed by atoms with van der Waals surface area (Å²) in [5.74, 6) is 0.186.